The van der Waals surface area contributed by atoms with Gasteiger partial charge >= 0.3 is 11.9 Å². The summed E-state index contributed by atoms with van der Waals surface area (Å²) >= 11 is 0. The summed E-state index contributed by atoms with van der Waals surface area (Å²) in [5.74, 6) is -1.65. The highest BCUT2D eigenvalue weighted by Crippen LogP contribution is 2.51. The minimum absolute atomic E-state index is 0.0853. The highest BCUT2D eigenvalue weighted by atomic mass is 32.2. The molecule has 0 spiro atoms. The van der Waals surface area contributed by atoms with Crippen LogP contribution in [0, 0.1) is 18.3 Å². The van der Waals surface area contributed by atoms with Gasteiger partial charge in [0.1, 0.15) is 5.75 Å². The van der Waals surface area contributed by atoms with Crippen molar-refractivity contribution in [3.63, 3.8) is 0 Å². The van der Waals surface area contributed by atoms with Gasteiger partial charge in [-0.25, -0.2) is 18.0 Å². The van der Waals surface area contributed by atoms with Gasteiger partial charge in [0.25, 0.3) is 5.54 Å². The predicted octanol–water partition coefficient (Wildman–Crippen LogP) is 4.57. The Labute approximate surface area is 239 Å². The molecule has 9 nitrogen and oxygen atoms in total. The molecule has 0 bridgehead atoms. The van der Waals surface area contributed by atoms with E-state index in [-0.39, 0.29) is 23.7 Å². The van der Waals surface area contributed by atoms with Crippen LogP contribution in [-0.4, -0.2) is 50.5 Å². The lowest BCUT2D eigenvalue weighted by Gasteiger charge is -2.38. The Bertz CT molecular complexity index is 1590. The molecule has 0 amide bonds. The maximum absolute atomic E-state index is 14.6. The number of nitriles is 1. The molecule has 0 N–H and O–H groups in total. The SMILES string of the molecule is CCOC(=O)C1(C(=O)OCC)C(c2ccc(OC)cc2)=CC(c2ccc(C#N)cc2)N1S(=O)(=O)c1ccc(C)cc1. The average molecular weight is 575 g/mol. The molecule has 3 aromatic carbocycles. The Kier molecular flexibility index (Phi) is 8.61. The fraction of sp³-hybridized carbons (Fsp3) is 0.258. The van der Waals surface area contributed by atoms with E-state index in [0.717, 1.165) is 9.87 Å². The first kappa shape index (κ1) is 29.5. The zero-order valence-corrected chi connectivity index (χ0v) is 24.0. The van der Waals surface area contributed by atoms with Crippen LogP contribution in [-0.2, 0) is 29.1 Å². The molecule has 4 rings (SSSR count). The third kappa shape index (κ3) is 5.22. The Morgan fingerprint density at radius 1 is 0.902 bits per heavy atom. The molecule has 1 heterocycles. The van der Waals surface area contributed by atoms with Crippen LogP contribution in [0.1, 0.15) is 42.1 Å². The standard InChI is InChI=1S/C31H30N2O7S/c1-5-39-29(34)31(30(35)40-6-2)27(23-13-15-25(38-4)16-14-23)19-28(24-11-9-22(20-32)10-12-24)33(31)41(36,37)26-17-7-21(3)8-18-26/h7-19,28H,5-6H2,1-4H3. The van der Waals surface area contributed by atoms with Gasteiger partial charge in [-0.05, 0) is 68.3 Å². The molecule has 0 aromatic heterocycles. The summed E-state index contributed by atoms with van der Waals surface area (Å²) in [6, 6.07) is 19.8. The van der Waals surface area contributed by atoms with E-state index < -0.39 is 33.5 Å². The van der Waals surface area contributed by atoms with Gasteiger partial charge < -0.3 is 14.2 Å². The third-order valence-electron chi connectivity index (χ3n) is 6.80. The topological polar surface area (TPSA) is 123 Å². The lowest BCUT2D eigenvalue weighted by molar-refractivity contribution is -0.166. The first-order chi connectivity index (χ1) is 19.6. The summed E-state index contributed by atoms with van der Waals surface area (Å²) in [7, 11) is -3.06. The van der Waals surface area contributed by atoms with E-state index >= 15 is 0 Å². The number of rotatable bonds is 9. The number of carbonyl (C=O) groups is 2. The van der Waals surface area contributed by atoms with Gasteiger partial charge in [-0.1, -0.05) is 48.0 Å². The number of hydrogen-bond donors (Lipinski definition) is 0. The fourth-order valence-electron chi connectivity index (χ4n) is 4.84. The Morgan fingerprint density at radius 3 is 1.95 bits per heavy atom. The summed E-state index contributed by atoms with van der Waals surface area (Å²) in [6.45, 7) is 4.72. The maximum Gasteiger partial charge on any atom is 0.344 e. The van der Waals surface area contributed by atoms with Crippen LogP contribution in [0.3, 0.4) is 0 Å². The van der Waals surface area contributed by atoms with Gasteiger partial charge in [0, 0.05) is 5.57 Å². The summed E-state index contributed by atoms with van der Waals surface area (Å²) < 4.78 is 46.2. The van der Waals surface area contributed by atoms with E-state index in [9.17, 15) is 23.3 Å². The van der Waals surface area contributed by atoms with Gasteiger partial charge in [-0.3, -0.25) is 0 Å². The van der Waals surface area contributed by atoms with Gasteiger partial charge in [-0.15, -0.1) is 0 Å². The first-order valence-electron chi connectivity index (χ1n) is 13.0. The summed E-state index contributed by atoms with van der Waals surface area (Å²) in [5, 5.41) is 9.33. The predicted molar refractivity (Wildman–Crippen MR) is 151 cm³/mol. The van der Waals surface area contributed by atoms with Crippen LogP contribution in [0.25, 0.3) is 5.57 Å². The quantitative estimate of drug-likeness (QED) is 0.269. The number of hydrogen-bond acceptors (Lipinski definition) is 8. The fourth-order valence-corrected chi connectivity index (χ4v) is 6.64. The van der Waals surface area contributed by atoms with Crippen LogP contribution in [0.15, 0.2) is 83.8 Å². The van der Waals surface area contributed by atoms with Crippen molar-refractivity contribution in [3.8, 4) is 11.8 Å². The maximum atomic E-state index is 14.6. The molecule has 10 heteroatoms. The van der Waals surface area contributed by atoms with Crippen LogP contribution in [0.5, 0.6) is 5.75 Å². The summed E-state index contributed by atoms with van der Waals surface area (Å²) in [5.41, 5.74) is -0.423. The smallest absolute Gasteiger partial charge is 0.344 e. The highest BCUT2D eigenvalue weighted by molar-refractivity contribution is 7.89. The lowest BCUT2D eigenvalue weighted by Crippen LogP contribution is -2.61. The zero-order chi connectivity index (χ0) is 29.8. The average Bonchev–Trinajstić information content (AvgIpc) is 3.36. The molecular formula is C31H30N2O7S. The van der Waals surface area contributed by atoms with Gasteiger partial charge in [0.2, 0.25) is 10.0 Å². The van der Waals surface area contributed by atoms with Crippen molar-refractivity contribution in [2.24, 2.45) is 0 Å². The second-order valence-corrected chi connectivity index (χ2v) is 11.1. The number of carbonyl (C=O) groups excluding carboxylic acids is 2. The Morgan fingerprint density at radius 2 is 1.46 bits per heavy atom. The van der Waals surface area contributed by atoms with Crippen molar-refractivity contribution in [3.05, 3.63) is 101 Å². The van der Waals surface area contributed by atoms with Crippen molar-refractivity contribution >= 4 is 27.5 Å². The van der Waals surface area contributed by atoms with Crippen LogP contribution < -0.4 is 4.74 Å². The molecule has 0 fully saturated rings. The van der Waals surface area contributed by atoms with Crippen molar-refractivity contribution in [2.75, 3.05) is 20.3 Å². The molecule has 1 atom stereocenters. The molecule has 41 heavy (non-hydrogen) atoms. The number of nitrogens with zero attached hydrogens (tertiary/aromatic N) is 2. The zero-order valence-electron chi connectivity index (χ0n) is 23.2. The van der Waals surface area contributed by atoms with E-state index in [2.05, 4.69) is 0 Å². The number of sulfonamides is 1. The molecule has 212 valence electrons. The molecule has 3 aromatic rings. The van der Waals surface area contributed by atoms with Crippen LogP contribution in [0.4, 0.5) is 0 Å². The highest BCUT2D eigenvalue weighted by Gasteiger charge is 2.66. The van der Waals surface area contributed by atoms with Gasteiger partial charge in [0.05, 0.1) is 42.9 Å². The van der Waals surface area contributed by atoms with E-state index in [0.29, 0.717) is 22.4 Å². The van der Waals surface area contributed by atoms with E-state index in [4.69, 9.17) is 14.2 Å². The number of methoxy groups -OCH3 is 1. The van der Waals surface area contributed by atoms with E-state index in [1.165, 1.54) is 19.2 Å². The van der Waals surface area contributed by atoms with Crippen LogP contribution >= 0.6 is 0 Å². The van der Waals surface area contributed by atoms with Crippen molar-refractivity contribution < 1.29 is 32.2 Å². The molecule has 1 aliphatic rings. The normalized spacial score (nSPS) is 16.4. The molecule has 1 unspecified atom stereocenters. The summed E-state index contributed by atoms with van der Waals surface area (Å²) in [4.78, 5) is 28.0. The first-order valence-corrected chi connectivity index (χ1v) is 14.4. The largest absolute Gasteiger partial charge is 0.497 e. The number of ether oxygens (including phenoxy) is 3. The number of aryl methyl sites for hydroxylation is 1. The van der Waals surface area contributed by atoms with Crippen molar-refractivity contribution in [1.82, 2.24) is 4.31 Å². The minimum atomic E-state index is -4.57. The second-order valence-electron chi connectivity index (χ2n) is 9.25. The third-order valence-corrected chi connectivity index (χ3v) is 8.69. The molecule has 0 aliphatic carbocycles. The van der Waals surface area contributed by atoms with Crippen LogP contribution in [0.2, 0.25) is 0 Å². The Hall–Kier alpha value is -4.46. The molecule has 0 radical (unpaired) electrons. The molecule has 0 saturated carbocycles. The monoisotopic (exact) mass is 574 g/mol. The lowest BCUT2D eigenvalue weighted by atomic mass is 9.86. The molecule has 1 aliphatic heterocycles. The number of benzene rings is 3. The Balaban J connectivity index is 2.11. The molecular weight excluding hydrogens is 544 g/mol. The van der Waals surface area contributed by atoms with Crippen molar-refractivity contribution in [1.29, 1.82) is 5.26 Å². The van der Waals surface area contributed by atoms with Crippen molar-refractivity contribution in [2.45, 2.75) is 37.2 Å². The molecule has 0 saturated heterocycles. The second kappa shape index (κ2) is 12.0. The minimum Gasteiger partial charge on any atom is -0.497 e. The summed E-state index contributed by atoms with van der Waals surface area (Å²) in [6.07, 6.45) is 1.56. The van der Waals surface area contributed by atoms with E-state index in [1.807, 2.05) is 13.0 Å². The number of esters is 2. The van der Waals surface area contributed by atoms with E-state index in [1.54, 1.807) is 80.6 Å². The van der Waals surface area contributed by atoms with Gasteiger partial charge in [-0.2, -0.15) is 9.57 Å². The van der Waals surface area contributed by atoms with Gasteiger partial charge in [0.15, 0.2) is 0 Å².